The molecule has 0 N–H and O–H groups in total. The summed E-state index contributed by atoms with van der Waals surface area (Å²) in [6, 6.07) is 0. The van der Waals surface area contributed by atoms with Crippen molar-refractivity contribution < 1.29 is 14.3 Å². The van der Waals surface area contributed by atoms with Crippen LogP contribution in [-0.4, -0.2) is 49.8 Å². The molecule has 1 aliphatic heterocycles. The SMILES string of the molecule is CC(=O)OC1CC(C)(C)OCC1CN(C)C. The molecule has 0 aromatic rings. The lowest BCUT2D eigenvalue weighted by atomic mass is 9.88. The van der Waals surface area contributed by atoms with Gasteiger partial charge in [0.05, 0.1) is 12.2 Å². The maximum absolute atomic E-state index is 11.1. The molecule has 4 heteroatoms. The lowest BCUT2D eigenvalue weighted by Gasteiger charge is -2.41. The molecule has 1 saturated heterocycles. The number of nitrogens with zero attached hydrogens (tertiary/aromatic N) is 1. The largest absolute Gasteiger partial charge is 0.462 e. The van der Waals surface area contributed by atoms with Crippen LogP contribution in [0.4, 0.5) is 0 Å². The van der Waals surface area contributed by atoms with Crippen LogP contribution in [0.1, 0.15) is 27.2 Å². The Kier molecular flexibility index (Phi) is 4.33. The van der Waals surface area contributed by atoms with Gasteiger partial charge in [-0.1, -0.05) is 0 Å². The van der Waals surface area contributed by atoms with E-state index in [0.29, 0.717) is 6.61 Å². The third-order valence-corrected chi connectivity index (χ3v) is 2.82. The lowest BCUT2D eigenvalue weighted by molar-refractivity contribution is -0.172. The topological polar surface area (TPSA) is 38.8 Å². The highest BCUT2D eigenvalue weighted by Gasteiger charge is 2.37. The lowest BCUT2D eigenvalue weighted by Crippen LogP contribution is -2.47. The van der Waals surface area contributed by atoms with Crippen LogP contribution in [0.5, 0.6) is 0 Å². The average Bonchev–Trinajstić information content (AvgIpc) is 2.07. The number of ether oxygens (including phenoxy) is 2. The van der Waals surface area contributed by atoms with Crippen molar-refractivity contribution >= 4 is 5.97 Å². The molecular weight excluding hydrogens is 206 g/mol. The molecule has 1 heterocycles. The minimum Gasteiger partial charge on any atom is -0.462 e. The number of hydrogen-bond acceptors (Lipinski definition) is 4. The van der Waals surface area contributed by atoms with E-state index >= 15 is 0 Å². The summed E-state index contributed by atoms with van der Waals surface area (Å²) in [7, 11) is 4.04. The summed E-state index contributed by atoms with van der Waals surface area (Å²) in [6.45, 7) is 7.08. The Morgan fingerprint density at radius 1 is 1.50 bits per heavy atom. The van der Waals surface area contributed by atoms with Gasteiger partial charge in [0, 0.05) is 25.8 Å². The molecule has 1 rings (SSSR count). The molecule has 0 aromatic carbocycles. The number of carbonyl (C=O) groups is 1. The molecular formula is C12H23NO3. The van der Waals surface area contributed by atoms with E-state index in [4.69, 9.17) is 9.47 Å². The molecule has 0 aromatic heterocycles. The van der Waals surface area contributed by atoms with Crippen LogP contribution in [0.2, 0.25) is 0 Å². The Balaban J connectivity index is 2.64. The van der Waals surface area contributed by atoms with Crippen LogP contribution in [0, 0.1) is 5.92 Å². The van der Waals surface area contributed by atoms with Crippen LogP contribution in [0.15, 0.2) is 0 Å². The molecule has 0 saturated carbocycles. The second kappa shape index (κ2) is 5.15. The van der Waals surface area contributed by atoms with Gasteiger partial charge in [-0.25, -0.2) is 0 Å². The molecule has 0 radical (unpaired) electrons. The average molecular weight is 229 g/mol. The summed E-state index contributed by atoms with van der Waals surface area (Å²) in [4.78, 5) is 13.2. The fourth-order valence-electron chi connectivity index (χ4n) is 2.14. The van der Waals surface area contributed by atoms with Gasteiger partial charge in [0.25, 0.3) is 0 Å². The highest BCUT2D eigenvalue weighted by Crippen LogP contribution is 2.30. The van der Waals surface area contributed by atoms with E-state index in [1.54, 1.807) is 0 Å². The van der Waals surface area contributed by atoms with Gasteiger partial charge < -0.3 is 14.4 Å². The molecule has 0 aliphatic carbocycles. The second-order valence-corrected chi connectivity index (χ2v) is 5.45. The summed E-state index contributed by atoms with van der Waals surface area (Å²) < 4.78 is 11.2. The predicted octanol–water partition coefficient (Wildman–Crippen LogP) is 1.29. The molecule has 0 amide bonds. The number of carbonyl (C=O) groups excluding carboxylic acids is 1. The van der Waals surface area contributed by atoms with E-state index < -0.39 is 0 Å². The first kappa shape index (κ1) is 13.5. The molecule has 1 fully saturated rings. The van der Waals surface area contributed by atoms with Crippen molar-refractivity contribution in [1.29, 1.82) is 0 Å². The van der Waals surface area contributed by atoms with Gasteiger partial charge in [-0.15, -0.1) is 0 Å². The first-order chi connectivity index (χ1) is 7.30. The molecule has 94 valence electrons. The summed E-state index contributed by atoms with van der Waals surface area (Å²) in [6.07, 6.45) is 0.745. The standard InChI is InChI=1S/C12H23NO3/c1-9(14)16-11-6-12(2,3)15-8-10(11)7-13(4)5/h10-11H,6-8H2,1-5H3. The molecule has 2 unspecified atom stereocenters. The number of rotatable bonds is 3. The van der Waals surface area contributed by atoms with Crippen LogP contribution in [0.3, 0.4) is 0 Å². The first-order valence-electron chi connectivity index (χ1n) is 5.76. The molecule has 0 spiro atoms. The van der Waals surface area contributed by atoms with Crippen LogP contribution < -0.4 is 0 Å². The van der Waals surface area contributed by atoms with Gasteiger partial charge in [-0.2, -0.15) is 0 Å². The van der Waals surface area contributed by atoms with E-state index in [1.807, 2.05) is 27.9 Å². The number of hydrogen-bond donors (Lipinski definition) is 0. The third-order valence-electron chi connectivity index (χ3n) is 2.82. The van der Waals surface area contributed by atoms with E-state index in [9.17, 15) is 4.79 Å². The van der Waals surface area contributed by atoms with Gasteiger partial charge in [0.2, 0.25) is 0 Å². The summed E-state index contributed by atoms with van der Waals surface area (Å²) in [5, 5.41) is 0. The van der Waals surface area contributed by atoms with Crippen molar-refractivity contribution in [3.63, 3.8) is 0 Å². The fourth-order valence-corrected chi connectivity index (χ4v) is 2.14. The molecule has 1 aliphatic rings. The van der Waals surface area contributed by atoms with Crippen molar-refractivity contribution in [2.24, 2.45) is 5.92 Å². The maximum Gasteiger partial charge on any atom is 0.302 e. The number of esters is 1. The molecule has 2 atom stereocenters. The minimum atomic E-state index is -0.202. The smallest absolute Gasteiger partial charge is 0.302 e. The Labute approximate surface area is 97.9 Å². The zero-order valence-electron chi connectivity index (χ0n) is 10.9. The van der Waals surface area contributed by atoms with Gasteiger partial charge in [0.15, 0.2) is 0 Å². The van der Waals surface area contributed by atoms with E-state index in [2.05, 4.69) is 4.90 Å². The van der Waals surface area contributed by atoms with Gasteiger partial charge in [-0.05, 0) is 27.9 Å². The van der Waals surface area contributed by atoms with Gasteiger partial charge >= 0.3 is 5.97 Å². The van der Waals surface area contributed by atoms with Crippen molar-refractivity contribution in [1.82, 2.24) is 4.90 Å². The maximum atomic E-state index is 11.1. The van der Waals surface area contributed by atoms with E-state index in [-0.39, 0.29) is 23.6 Å². The van der Waals surface area contributed by atoms with Crippen LogP contribution in [0.25, 0.3) is 0 Å². The minimum absolute atomic E-state index is 0.0244. The highest BCUT2D eigenvalue weighted by atomic mass is 16.6. The Hall–Kier alpha value is -0.610. The second-order valence-electron chi connectivity index (χ2n) is 5.45. The zero-order valence-corrected chi connectivity index (χ0v) is 10.9. The third kappa shape index (κ3) is 4.10. The van der Waals surface area contributed by atoms with Crippen molar-refractivity contribution in [3.8, 4) is 0 Å². The van der Waals surface area contributed by atoms with E-state index in [1.165, 1.54) is 6.92 Å². The predicted molar refractivity (Wildman–Crippen MR) is 62.2 cm³/mol. The van der Waals surface area contributed by atoms with Crippen molar-refractivity contribution in [2.45, 2.75) is 38.9 Å². The molecule has 4 nitrogen and oxygen atoms in total. The molecule has 0 bridgehead atoms. The highest BCUT2D eigenvalue weighted by molar-refractivity contribution is 5.66. The van der Waals surface area contributed by atoms with Gasteiger partial charge in [-0.3, -0.25) is 4.79 Å². The first-order valence-corrected chi connectivity index (χ1v) is 5.76. The summed E-state index contributed by atoms with van der Waals surface area (Å²) >= 11 is 0. The van der Waals surface area contributed by atoms with Crippen molar-refractivity contribution in [2.75, 3.05) is 27.2 Å². The Morgan fingerprint density at radius 2 is 2.12 bits per heavy atom. The quantitative estimate of drug-likeness (QED) is 0.684. The Bertz CT molecular complexity index is 251. The Morgan fingerprint density at radius 3 is 2.62 bits per heavy atom. The van der Waals surface area contributed by atoms with Crippen molar-refractivity contribution in [3.05, 3.63) is 0 Å². The van der Waals surface area contributed by atoms with E-state index in [0.717, 1.165) is 13.0 Å². The molecule has 16 heavy (non-hydrogen) atoms. The summed E-state index contributed by atoms with van der Waals surface area (Å²) in [5.41, 5.74) is -0.192. The van der Waals surface area contributed by atoms with Gasteiger partial charge in [0.1, 0.15) is 6.10 Å². The fraction of sp³-hybridized carbons (Fsp3) is 0.917. The summed E-state index contributed by atoms with van der Waals surface area (Å²) in [5.74, 6) is 0.0679. The monoisotopic (exact) mass is 229 g/mol. The van der Waals surface area contributed by atoms with Crippen LogP contribution in [-0.2, 0) is 14.3 Å². The normalized spacial score (nSPS) is 29.1. The van der Waals surface area contributed by atoms with Crippen LogP contribution >= 0.6 is 0 Å². The zero-order chi connectivity index (χ0) is 12.3.